The Morgan fingerprint density at radius 3 is 2.29 bits per heavy atom. The van der Waals surface area contributed by atoms with Crippen molar-refractivity contribution in [3.8, 4) is 11.8 Å². The molecule has 1 aliphatic carbocycles. The molecule has 0 radical (unpaired) electrons. The molecule has 0 bridgehead atoms. The normalized spacial score (nSPS) is 22.5. The molecule has 4 rings (SSSR count). The van der Waals surface area contributed by atoms with Gasteiger partial charge < -0.3 is 20.3 Å². The van der Waals surface area contributed by atoms with Crippen LogP contribution in [0, 0.1) is 22.2 Å². The summed E-state index contributed by atoms with van der Waals surface area (Å²) in [5, 5.41) is 16.1. The zero-order valence-electron chi connectivity index (χ0n) is 20.0. The fourth-order valence-electron chi connectivity index (χ4n) is 5.56. The van der Waals surface area contributed by atoms with Crippen molar-refractivity contribution in [1.82, 2.24) is 10.6 Å². The Morgan fingerprint density at radius 1 is 1.12 bits per heavy atom. The summed E-state index contributed by atoms with van der Waals surface area (Å²) in [5.41, 5.74) is 1.64. The minimum atomic E-state index is -0.291. The van der Waals surface area contributed by atoms with Gasteiger partial charge in [-0.25, -0.2) is 0 Å². The lowest BCUT2D eigenvalue weighted by molar-refractivity contribution is -0.164. The second kappa shape index (κ2) is 10.0. The maximum Gasteiger partial charge on any atom is 0.251 e. The fourth-order valence-corrected chi connectivity index (χ4v) is 5.77. The molecule has 8 heteroatoms. The van der Waals surface area contributed by atoms with E-state index in [-0.39, 0.29) is 41.3 Å². The van der Waals surface area contributed by atoms with Crippen LogP contribution in [0.4, 0.5) is 5.69 Å². The van der Waals surface area contributed by atoms with Crippen LogP contribution >= 0.6 is 24.0 Å². The van der Waals surface area contributed by atoms with Gasteiger partial charge in [-0.1, -0.05) is 39.3 Å². The molecule has 2 N–H and O–H groups in total. The lowest BCUT2D eigenvalue weighted by Gasteiger charge is -2.63. The number of ether oxygens (including phenoxy) is 1. The van der Waals surface area contributed by atoms with Crippen LogP contribution in [0.25, 0.3) is 0 Å². The number of carbonyl (C=O) groups is 1. The Bertz CT molecular complexity index is 1060. The van der Waals surface area contributed by atoms with Gasteiger partial charge in [0.1, 0.15) is 17.9 Å². The van der Waals surface area contributed by atoms with Gasteiger partial charge in [-0.05, 0) is 36.4 Å². The van der Waals surface area contributed by atoms with Gasteiger partial charge in [0.15, 0.2) is 0 Å². The molecule has 0 unspecified atom stereocenters. The van der Waals surface area contributed by atoms with E-state index in [1.165, 1.54) is 0 Å². The van der Waals surface area contributed by atoms with Crippen LogP contribution in [0.1, 0.15) is 43.6 Å². The van der Waals surface area contributed by atoms with Crippen molar-refractivity contribution in [1.29, 1.82) is 5.26 Å². The summed E-state index contributed by atoms with van der Waals surface area (Å²) in [6.45, 7) is 12.3. The molecule has 1 heterocycles. The second-order valence-corrected chi connectivity index (χ2v) is 10.5. The highest BCUT2D eigenvalue weighted by molar-refractivity contribution is 6.31. The molecule has 1 amide bonds. The standard InChI is InChI=1S/C26H31ClN4O2.ClH/c1-25(2)23(26(3,4)24(25)33-20-10-7-18(16-28)21(27)15-20)30-22(32)17-5-8-19(9-6-17)31-13-11-29-12-14-31;/h5-10,15,23-24,29H,11-14H2,1-4H3,(H,30,32);1H/t23-,24-;. The Labute approximate surface area is 213 Å². The van der Waals surface area contributed by atoms with E-state index >= 15 is 0 Å². The van der Waals surface area contributed by atoms with E-state index in [0.717, 1.165) is 31.9 Å². The van der Waals surface area contributed by atoms with Crippen LogP contribution in [-0.2, 0) is 0 Å². The lowest BCUT2D eigenvalue weighted by Crippen LogP contribution is -2.74. The van der Waals surface area contributed by atoms with Gasteiger partial charge in [0.2, 0.25) is 0 Å². The van der Waals surface area contributed by atoms with E-state index in [4.69, 9.17) is 21.6 Å². The number of amides is 1. The third-order valence-corrected chi connectivity index (χ3v) is 7.35. The van der Waals surface area contributed by atoms with Crippen LogP contribution in [0.5, 0.6) is 5.75 Å². The monoisotopic (exact) mass is 502 g/mol. The van der Waals surface area contributed by atoms with Gasteiger partial charge in [0, 0.05) is 60.4 Å². The number of benzene rings is 2. The van der Waals surface area contributed by atoms with Gasteiger partial charge in [0.05, 0.1) is 10.6 Å². The van der Waals surface area contributed by atoms with E-state index in [1.807, 2.05) is 24.3 Å². The molecule has 2 aromatic rings. The van der Waals surface area contributed by atoms with E-state index in [1.54, 1.807) is 18.2 Å². The highest BCUT2D eigenvalue weighted by atomic mass is 35.5. The van der Waals surface area contributed by atoms with E-state index in [9.17, 15) is 4.79 Å². The van der Waals surface area contributed by atoms with Gasteiger partial charge in [-0.15, -0.1) is 12.4 Å². The number of hydrogen-bond acceptors (Lipinski definition) is 5. The summed E-state index contributed by atoms with van der Waals surface area (Å²) in [4.78, 5) is 15.4. The van der Waals surface area contributed by atoms with Crippen molar-refractivity contribution in [3.63, 3.8) is 0 Å². The largest absolute Gasteiger partial charge is 0.489 e. The fraction of sp³-hybridized carbons (Fsp3) is 0.462. The number of hydrogen-bond donors (Lipinski definition) is 2. The maximum atomic E-state index is 13.1. The molecule has 0 atom stereocenters. The molecule has 2 aliphatic rings. The molecule has 1 saturated carbocycles. The van der Waals surface area contributed by atoms with Crippen LogP contribution in [-0.4, -0.2) is 44.2 Å². The molecule has 1 saturated heterocycles. The van der Waals surface area contributed by atoms with Gasteiger partial charge in [-0.2, -0.15) is 5.26 Å². The van der Waals surface area contributed by atoms with E-state index < -0.39 is 0 Å². The van der Waals surface area contributed by atoms with Crippen molar-refractivity contribution < 1.29 is 9.53 Å². The van der Waals surface area contributed by atoms with Crippen molar-refractivity contribution in [2.24, 2.45) is 10.8 Å². The van der Waals surface area contributed by atoms with Crippen LogP contribution in [0.3, 0.4) is 0 Å². The summed E-state index contributed by atoms with van der Waals surface area (Å²) >= 11 is 6.18. The first-order chi connectivity index (χ1) is 15.6. The molecule has 0 spiro atoms. The van der Waals surface area contributed by atoms with E-state index in [0.29, 0.717) is 21.9 Å². The summed E-state index contributed by atoms with van der Waals surface area (Å²) in [7, 11) is 0. The molecule has 1 aliphatic heterocycles. The third kappa shape index (κ3) is 4.84. The number of nitrogens with one attached hydrogen (secondary N) is 2. The van der Waals surface area contributed by atoms with Gasteiger partial charge >= 0.3 is 0 Å². The molecule has 0 aromatic heterocycles. The Morgan fingerprint density at radius 2 is 1.74 bits per heavy atom. The maximum absolute atomic E-state index is 13.1. The van der Waals surface area contributed by atoms with E-state index in [2.05, 4.69) is 49.3 Å². The number of piperazine rings is 1. The molecular formula is C26H32Cl2N4O2. The van der Waals surface area contributed by atoms with Gasteiger partial charge in [-0.3, -0.25) is 4.79 Å². The summed E-state index contributed by atoms with van der Waals surface area (Å²) in [5.74, 6) is 0.548. The first kappa shape index (κ1) is 26.2. The summed E-state index contributed by atoms with van der Waals surface area (Å²) < 4.78 is 6.31. The highest BCUT2D eigenvalue weighted by Gasteiger charge is 2.64. The minimum absolute atomic E-state index is 0. The zero-order valence-corrected chi connectivity index (χ0v) is 21.6. The Balaban J connectivity index is 0.00000324. The number of anilines is 1. The predicted octanol–water partition coefficient (Wildman–Crippen LogP) is 4.66. The van der Waals surface area contributed by atoms with Crippen LogP contribution in [0.15, 0.2) is 42.5 Å². The molecule has 2 aromatic carbocycles. The quantitative estimate of drug-likeness (QED) is 0.621. The average Bonchev–Trinajstić information content (AvgIpc) is 2.81. The molecule has 34 heavy (non-hydrogen) atoms. The predicted molar refractivity (Wildman–Crippen MR) is 138 cm³/mol. The lowest BCUT2D eigenvalue weighted by atomic mass is 9.49. The molecule has 6 nitrogen and oxygen atoms in total. The van der Waals surface area contributed by atoms with Crippen molar-refractivity contribution in [2.75, 3.05) is 31.1 Å². The van der Waals surface area contributed by atoms with Gasteiger partial charge in [0.25, 0.3) is 5.91 Å². The van der Waals surface area contributed by atoms with Crippen molar-refractivity contribution in [2.45, 2.75) is 39.8 Å². The average molecular weight is 503 g/mol. The molecule has 182 valence electrons. The number of rotatable bonds is 5. The number of nitrogens with zero attached hydrogens (tertiary/aromatic N) is 2. The topological polar surface area (TPSA) is 77.4 Å². The zero-order chi connectivity index (χ0) is 23.8. The smallest absolute Gasteiger partial charge is 0.251 e. The SMILES string of the molecule is CC1(C)[C@H](NC(=O)c2ccc(N3CCNCC3)cc2)C(C)(C)[C@H]1Oc1ccc(C#N)c(Cl)c1.Cl. The number of carbonyl (C=O) groups excluding carboxylic acids is 1. The summed E-state index contributed by atoms with van der Waals surface area (Å²) in [6, 6.07) is 15.0. The first-order valence-corrected chi connectivity index (χ1v) is 11.8. The number of nitriles is 1. The Kier molecular flexibility index (Phi) is 7.72. The summed E-state index contributed by atoms with van der Waals surface area (Å²) in [6.07, 6.45) is -0.130. The van der Waals surface area contributed by atoms with Crippen LogP contribution < -0.4 is 20.3 Å². The highest BCUT2D eigenvalue weighted by Crippen LogP contribution is 2.55. The first-order valence-electron chi connectivity index (χ1n) is 11.4. The molecular weight excluding hydrogens is 471 g/mol. The third-order valence-electron chi connectivity index (χ3n) is 7.04. The van der Waals surface area contributed by atoms with Crippen molar-refractivity contribution in [3.05, 3.63) is 58.6 Å². The minimum Gasteiger partial charge on any atom is -0.489 e. The second-order valence-electron chi connectivity index (χ2n) is 10.1. The van der Waals surface area contributed by atoms with Crippen molar-refractivity contribution >= 4 is 35.6 Å². The van der Waals surface area contributed by atoms with Crippen LogP contribution in [0.2, 0.25) is 5.02 Å². The number of halogens is 2. The Hall–Kier alpha value is -2.46. The molecule has 2 fully saturated rings.